The molecule has 0 aliphatic rings. The number of benzene rings is 2. The molecule has 2 aromatic carbocycles. The Bertz CT molecular complexity index is 1260. The van der Waals surface area contributed by atoms with Crippen LogP contribution in [0.3, 0.4) is 0 Å². The molecule has 0 spiro atoms. The fourth-order valence-electron chi connectivity index (χ4n) is 2.85. The maximum Gasteiger partial charge on any atom is 0.573 e. The second-order valence-corrected chi connectivity index (χ2v) is 6.52. The van der Waals surface area contributed by atoms with Gasteiger partial charge in [0.25, 0.3) is 0 Å². The number of fused-ring (bicyclic) bond motifs is 1. The molecule has 0 saturated heterocycles. The quantitative estimate of drug-likeness (QED) is 0.497. The number of hydrogen-bond acceptors (Lipinski definition) is 5. The number of anilines is 2. The minimum absolute atomic E-state index is 0.138. The van der Waals surface area contributed by atoms with E-state index in [9.17, 15) is 18.0 Å². The van der Waals surface area contributed by atoms with Crippen molar-refractivity contribution in [3.63, 3.8) is 0 Å². The van der Waals surface area contributed by atoms with Crippen molar-refractivity contribution in [1.29, 1.82) is 0 Å². The van der Waals surface area contributed by atoms with Crippen LogP contribution in [0.15, 0.2) is 61.1 Å². The summed E-state index contributed by atoms with van der Waals surface area (Å²) in [5.74, 6) is -0.436. The second kappa shape index (κ2) is 7.94. The van der Waals surface area contributed by atoms with Gasteiger partial charge in [-0.15, -0.1) is 13.2 Å². The van der Waals surface area contributed by atoms with E-state index < -0.39 is 18.1 Å². The number of halogens is 3. The molecule has 0 atom stereocenters. The van der Waals surface area contributed by atoms with Crippen LogP contribution < -0.4 is 15.4 Å². The number of nitrogens with one attached hydrogen (secondary N) is 2. The Morgan fingerprint density at radius 2 is 1.81 bits per heavy atom. The van der Waals surface area contributed by atoms with Gasteiger partial charge in [0.15, 0.2) is 0 Å². The lowest BCUT2D eigenvalue weighted by atomic mass is 10.2. The molecule has 0 saturated carbocycles. The van der Waals surface area contributed by atoms with E-state index in [0.717, 1.165) is 17.7 Å². The summed E-state index contributed by atoms with van der Waals surface area (Å²) in [4.78, 5) is 21.2. The zero-order chi connectivity index (χ0) is 22.0. The van der Waals surface area contributed by atoms with Crippen molar-refractivity contribution in [2.75, 3.05) is 10.6 Å². The van der Waals surface area contributed by atoms with Crippen LogP contribution in [-0.4, -0.2) is 32.1 Å². The van der Waals surface area contributed by atoms with Crippen LogP contribution in [-0.2, 0) is 7.05 Å². The van der Waals surface area contributed by atoms with Crippen LogP contribution >= 0.6 is 0 Å². The number of nitrogens with zero attached hydrogens (tertiary/aromatic N) is 4. The molecule has 0 fully saturated rings. The van der Waals surface area contributed by atoms with Crippen molar-refractivity contribution < 1.29 is 22.7 Å². The monoisotopic (exact) mass is 428 g/mol. The van der Waals surface area contributed by atoms with E-state index >= 15 is 0 Å². The Kier molecular flexibility index (Phi) is 5.15. The van der Waals surface area contributed by atoms with E-state index in [1.54, 1.807) is 42.3 Å². The molecule has 8 nitrogen and oxygen atoms in total. The smallest absolute Gasteiger partial charge is 0.406 e. The summed E-state index contributed by atoms with van der Waals surface area (Å²) in [5.41, 5.74) is 3.19. The van der Waals surface area contributed by atoms with Gasteiger partial charge >= 0.3 is 12.4 Å². The van der Waals surface area contributed by atoms with E-state index in [1.165, 1.54) is 12.1 Å². The number of carbonyl (C=O) groups is 1. The van der Waals surface area contributed by atoms with Gasteiger partial charge in [0, 0.05) is 36.2 Å². The average molecular weight is 428 g/mol. The summed E-state index contributed by atoms with van der Waals surface area (Å²) in [7, 11) is 1.80. The van der Waals surface area contributed by atoms with Gasteiger partial charge in [-0.3, -0.25) is 9.67 Å². The number of rotatable bonds is 4. The average Bonchev–Trinajstić information content (AvgIpc) is 3.12. The van der Waals surface area contributed by atoms with Crippen LogP contribution in [0.25, 0.3) is 22.3 Å². The number of carbonyl (C=O) groups excluding carboxylic acids is 1. The molecule has 0 radical (unpaired) electrons. The lowest BCUT2D eigenvalue weighted by Crippen LogP contribution is -2.20. The topological polar surface area (TPSA) is 94.0 Å². The Morgan fingerprint density at radius 3 is 2.52 bits per heavy atom. The maximum absolute atomic E-state index is 12.4. The molecule has 158 valence electrons. The van der Waals surface area contributed by atoms with Gasteiger partial charge in [-0.05, 0) is 30.3 Å². The lowest BCUT2D eigenvalue weighted by molar-refractivity contribution is -0.274. The van der Waals surface area contributed by atoms with Crippen molar-refractivity contribution in [2.45, 2.75) is 6.36 Å². The second-order valence-electron chi connectivity index (χ2n) is 6.52. The standard InChI is InChI=1S/C20H15F3N6O2/c1-29-11-12(9-25-29)18-10-24-16-6-5-14(8-17(16)28-18)27-19(30)26-13-3-2-4-15(7-13)31-20(21,22)23/h2-11H,1H3,(H2,26,27,30). The molecule has 31 heavy (non-hydrogen) atoms. The Hall–Kier alpha value is -4.15. The highest BCUT2D eigenvalue weighted by atomic mass is 19.4. The van der Waals surface area contributed by atoms with Crippen LogP contribution in [0.5, 0.6) is 5.75 Å². The molecular weight excluding hydrogens is 413 g/mol. The molecule has 4 aromatic rings. The predicted molar refractivity (Wildman–Crippen MR) is 108 cm³/mol. The molecule has 2 N–H and O–H groups in total. The highest BCUT2D eigenvalue weighted by Crippen LogP contribution is 2.25. The Morgan fingerprint density at radius 1 is 1.03 bits per heavy atom. The molecule has 4 rings (SSSR count). The van der Waals surface area contributed by atoms with E-state index in [4.69, 9.17) is 0 Å². The first-order chi connectivity index (χ1) is 14.7. The maximum atomic E-state index is 12.4. The van der Waals surface area contributed by atoms with Crippen molar-refractivity contribution in [1.82, 2.24) is 19.7 Å². The van der Waals surface area contributed by atoms with E-state index in [2.05, 4.69) is 30.4 Å². The first kappa shape index (κ1) is 20.1. The van der Waals surface area contributed by atoms with Crippen LogP contribution in [0.1, 0.15) is 0 Å². The van der Waals surface area contributed by atoms with Crippen LogP contribution in [0.4, 0.5) is 29.3 Å². The molecule has 11 heteroatoms. The first-order valence-corrected chi connectivity index (χ1v) is 8.95. The summed E-state index contributed by atoms with van der Waals surface area (Å²) >= 11 is 0. The van der Waals surface area contributed by atoms with Gasteiger partial charge in [-0.25, -0.2) is 9.78 Å². The molecule has 0 bridgehead atoms. The van der Waals surface area contributed by atoms with Crippen LogP contribution in [0, 0.1) is 0 Å². The highest BCUT2D eigenvalue weighted by molar-refractivity contribution is 6.00. The fraction of sp³-hybridized carbons (Fsp3) is 0.100. The van der Waals surface area contributed by atoms with Gasteiger partial charge in [-0.1, -0.05) is 6.07 Å². The fourth-order valence-corrected chi connectivity index (χ4v) is 2.85. The third kappa shape index (κ3) is 5.07. The summed E-state index contributed by atoms with van der Waals surface area (Å²) in [6.07, 6.45) is 0.293. The van der Waals surface area contributed by atoms with Crippen molar-refractivity contribution in [3.8, 4) is 17.0 Å². The highest BCUT2D eigenvalue weighted by Gasteiger charge is 2.31. The zero-order valence-electron chi connectivity index (χ0n) is 16.0. The van der Waals surface area contributed by atoms with E-state index in [1.807, 2.05) is 6.20 Å². The van der Waals surface area contributed by atoms with Gasteiger partial charge in [0.2, 0.25) is 0 Å². The normalized spacial score (nSPS) is 11.4. The number of alkyl halides is 3. The summed E-state index contributed by atoms with van der Waals surface area (Å²) < 4.78 is 42.6. The zero-order valence-corrected chi connectivity index (χ0v) is 16.0. The van der Waals surface area contributed by atoms with Crippen molar-refractivity contribution >= 4 is 28.4 Å². The third-order valence-electron chi connectivity index (χ3n) is 4.13. The van der Waals surface area contributed by atoms with Gasteiger partial charge in [-0.2, -0.15) is 5.10 Å². The summed E-state index contributed by atoms with van der Waals surface area (Å²) in [6, 6.07) is 9.33. The van der Waals surface area contributed by atoms with Crippen molar-refractivity contribution in [2.24, 2.45) is 7.05 Å². The van der Waals surface area contributed by atoms with Crippen molar-refractivity contribution in [3.05, 3.63) is 61.1 Å². The molecule has 2 heterocycles. The van der Waals surface area contributed by atoms with Gasteiger partial charge < -0.3 is 15.4 Å². The molecule has 2 aromatic heterocycles. The largest absolute Gasteiger partial charge is 0.573 e. The Labute approximate surface area is 173 Å². The van der Waals surface area contributed by atoms with E-state index in [0.29, 0.717) is 22.4 Å². The molecular formula is C20H15F3N6O2. The number of aryl methyl sites for hydroxylation is 1. The third-order valence-corrected chi connectivity index (χ3v) is 4.13. The number of urea groups is 1. The summed E-state index contributed by atoms with van der Waals surface area (Å²) in [5, 5.41) is 9.18. The number of hydrogen-bond donors (Lipinski definition) is 2. The van der Waals surface area contributed by atoms with Gasteiger partial charge in [0.1, 0.15) is 5.75 Å². The minimum atomic E-state index is -4.82. The van der Waals surface area contributed by atoms with Gasteiger partial charge in [0.05, 0.1) is 29.1 Å². The number of aromatic nitrogens is 4. The van der Waals surface area contributed by atoms with E-state index in [-0.39, 0.29) is 5.69 Å². The predicted octanol–water partition coefficient (Wildman–Crippen LogP) is 4.57. The molecule has 2 amide bonds. The number of amides is 2. The Balaban J connectivity index is 1.49. The molecule has 0 aliphatic carbocycles. The molecule has 0 unspecified atom stereocenters. The molecule has 0 aliphatic heterocycles. The lowest BCUT2D eigenvalue weighted by Gasteiger charge is -2.11. The number of ether oxygens (including phenoxy) is 1. The first-order valence-electron chi connectivity index (χ1n) is 8.95. The summed E-state index contributed by atoms with van der Waals surface area (Å²) in [6.45, 7) is 0. The van der Waals surface area contributed by atoms with Crippen LogP contribution in [0.2, 0.25) is 0 Å². The minimum Gasteiger partial charge on any atom is -0.406 e. The SMILES string of the molecule is Cn1cc(-c2cnc3ccc(NC(=O)Nc4cccc(OC(F)(F)F)c4)cc3n2)cn1.